The van der Waals surface area contributed by atoms with E-state index in [1.807, 2.05) is 6.92 Å². The van der Waals surface area contributed by atoms with Crippen LogP contribution in [0.2, 0.25) is 0 Å². The number of nitrogens with one attached hydrogen (secondary N) is 1. The standard InChI is InChI=1S/C19H25NO3/c1-13(23-19(22)20-17-11-12-18(17)21)14-7-9-16(10-8-14)15-5-3-2-4-6-15/h7-10,13,15,17H,2-6,11-12H2,1H3,(H,20,22)/t13?,17-/m0/s1. The minimum Gasteiger partial charge on any atom is -0.442 e. The zero-order valence-corrected chi connectivity index (χ0v) is 13.7. The molecule has 0 radical (unpaired) electrons. The van der Waals surface area contributed by atoms with E-state index in [1.54, 1.807) is 0 Å². The normalized spacial score (nSPS) is 23.0. The van der Waals surface area contributed by atoms with Crippen LogP contribution in [0, 0.1) is 0 Å². The maximum Gasteiger partial charge on any atom is 0.408 e. The van der Waals surface area contributed by atoms with Crippen LogP contribution in [-0.2, 0) is 9.53 Å². The topological polar surface area (TPSA) is 55.4 Å². The van der Waals surface area contributed by atoms with Gasteiger partial charge in [-0.3, -0.25) is 4.79 Å². The molecular weight excluding hydrogens is 290 g/mol. The molecule has 0 aliphatic heterocycles. The number of amides is 1. The van der Waals surface area contributed by atoms with Crippen molar-refractivity contribution in [2.45, 2.75) is 69.9 Å². The summed E-state index contributed by atoms with van der Waals surface area (Å²) in [5.41, 5.74) is 2.38. The van der Waals surface area contributed by atoms with Gasteiger partial charge in [-0.25, -0.2) is 4.79 Å². The van der Waals surface area contributed by atoms with Crippen molar-refractivity contribution in [2.75, 3.05) is 0 Å². The van der Waals surface area contributed by atoms with Crippen LogP contribution >= 0.6 is 0 Å². The van der Waals surface area contributed by atoms with Gasteiger partial charge in [-0.2, -0.15) is 0 Å². The number of ether oxygens (including phenoxy) is 1. The molecule has 3 rings (SSSR count). The van der Waals surface area contributed by atoms with Crippen LogP contribution in [0.1, 0.15) is 75.0 Å². The van der Waals surface area contributed by atoms with Gasteiger partial charge < -0.3 is 10.1 Å². The number of carbonyl (C=O) groups is 2. The molecule has 23 heavy (non-hydrogen) atoms. The number of hydrogen-bond acceptors (Lipinski definition) is 3. The summed E-state index contributed by atoms with van der Waals surface area (Å²) in [5.74, 6) is 0.772. The number of ketones is 1. The Morgan fingerprint density at radius 2 is 1.83 bits per heavy atom. The molecule has 0 spiro atoms. The fraction of sp³-hybridized carbons (Fsp3) is 0.579. The molecule has 1 aromatic carbocycles. The van der Waals surface area contributed by atoms with Crippen molar-refractivity contribution >= 4 is 11.9 Å². The molecule has 4 heteroatoms. The van der Waals surface area contributed by atoms with Crippen LogP contribution in [0.3, 0.4) is 0 Å². The quantitative estimate of drug-likeness (QED) is 0.903. The Morgan fingerprint density at radius 1 is 1.13 bits per heavy atom. The van der Waals surface area contributed by atoms with Crippen molar-refractivity contribution in [1.29, 1.82) is 0 Å². The van der Waals surface area contributed by atoms with Gasteiger partial charge in [-0.1, -0.05) is 43.5 Å². The average molecular weight is 315 g/mol. The zero-order valence-electron chi connectivity index (χ0n) is 13.7. The molecule has 2 aliphatic carbocycles. The maximum absolute atomic E-state index is 11.8. The molecular formula is C19H25NO3. The summed E-state index contributed by atoms with van der Waals surface area (Å²) in [5, 5.41) is 2.62. The second-order valence-corrected chi connectivity index (χ2v) is 6.75. The Kier molecular flexibility index (Phi) is 4.99. The lowest BCUT2D eigenvalue weighted by molar-refractivity contribution is -0.126. The highest BCUT2D eigenvalue weighted by Crippen LogP contribution is 2.33. The van der Waals surface area contributed by atoms with E-state index in [4.69, 9.17) is 4.74 Å². The van der Waals surface area contributed by atoms with E-state index in [0.29, 0.717) is 12.3 Å². The van der Waals surface area contributed by atoms with Crippen LogP contribution in [0.4, 0.5) is 4.79 Å². The van der Waals surface area contributed by atoms with Crippen molar-refractivity contribution in [3.05, 3.63) is 35.4 Å². The summed E-state index contributed by atoms with van der Waals surface area (Å²) in [6, 6.07) is 8.09. The second kappa shape index (κ2) is 7.16. The summed E-state index contributed by atoms with van der Waals surface area (Å²) in [7, 11) is 0. The van der Waals surface area contributed by atoms with Gasteiger partial charge in [0.2, 0.25) is 0 Å². The number of rotatable bonds is 4. The first-order chi connectivity index (χ1) is 11.1. The summed E-state index contributed by atoms with van der Waals surface area (Å²) < 4.78 is 5.37. The number of benzene rings is 1. The third-order valence-corrected chi connectivity index (χ3v) is 5.13. The van der Waals surface area contributed by atoms with Crippen molar-refractivity contribution in [3.8, 4) is 0 Å². The predicted octanol–water partition coefficient (Wildman–Crippen LogP) is 4.25. The molecule has 124 valence electrons. The third-order valence-electron chi connectivity index (χ3n) is 5.13. The molecule has 2 aliphatic rings. The lowest BCUT2D eigenvalue weighted by Crippen LogP contribution is -2.47. The van der Waals surface area contributed by atoms with Gasteiger partial charge in [0.1, 0.15) is 6.10 Å². The van der Waals surface area contributed by atoms with Crippen LogP contribution in [0.15, 0.2) is 24.3 Å². The van der Waals surface area contributed by atoms with Gasteiger partial charge in [0.25, 0.3) is 0 Å². The van der Waals surface area contributed by atoms with Crippen LogP contribution in [0.25, 0.3) is 0 Å². The fourth-order valence-electron chi connectivity index (χ4n) is 3.44. The van der Waals surface area contributed by atoms with Gasteiger partial charge in [-0.05, 0) is 43.2 Å². The summed E-state index contributed by atoms with van der Waals surface area (Å²) in [6.45, 7) is 1.86. The molecule has 2 saturated carbocycles. The van der Waals surface area contributed by atoms with Crippen LogP contribution in [-0.4, -0.2) is 17.9 Å². The molecule has 0 aromatic heterocycles. The molecule has 1 amide bonds. The lowest BCUT2D eigenvalue weighted by Gasteiger charge is -2.25. The van der Waals surface area contributed by atoms with Gasteiger partial charge in [-0.15, -0.1) is 0 Å². The number of Topliss-reactive ketones (excluding diaryl/α,β-unsaturated/α-hetero) is 1. The summed E-state index contributed by atoms with van der Waals surface area (Å²) in [6.07, 6.45) is 7.03. The number of carbonyl (C=O) groups excluding carboxylic acids is 2. The first kappa shape index (κ1) is 16.0. The van der Waals surface area contributed by atoms with Crippen molar-refractivity contribution < 1.29 is 14.3 Å². The number of hydrogen-bond donors (Lipinski definition) is 1. The average Bonchev–Trinajstić information content (AvgIpc) is 2.59. The Morgan fingerprint density at radius 3 is 2.39 bits per heavy atom. The minimum atomic E-state index is -0.507. The smallest absolute Gasteiger partial charge is 0.408 e. The van der Waals surface area contributed by atoms with E-state index in [9.17, 15) is 9.59 Å². The fourth-order valence-corrected chi connectivity index (χ4v) is 3.44. The summed E-state index contributed by atoms with van der Waals surface area (Å²) >= 11 is 0. The minimum absolute atomic E-state index is 0.0893. The van der Waals surface area contributed by atoms with Crippen molar-refractivity contribution in [2.24, 2.45) is 0 Å². The molecule has 0 saturated heterocycles. The molecule has 4 nitrogen and oxygen atoms in total. The van der Waals surface area contributed by atoms with E-state index < -0.39 is 6.09 Å². The Labute approximate surface area is 137 Å². The Hall–Kier alpha value is -1.84. The highest BCUT2D eigenvalue weighted by Gasteiger charge is 2.30. The highest BCUT2D eigenvalue weighted by atomic mass is 16.6. The zero-order chi connectivity index (χ0) is 16.2. The SMILES string of the molecule is CC(OC(=O)N[C@H]1CCC1=O)c1ccc(C2CCCCC2)cc1. The largest absolute Gasteiger partial charge is 0.442 e. The van der Waals surface area contributed by atoms with E-state index in [1.165, 1.54) is 37.7 Å². The highest BCUT2D eigenvalue weighted by molar-refractivity contribution is 5.92. The second-order valence-electron chi connectivity index (χ2n) is 6.75. The molecule has 1 unspecified atom stereocenters. The lowest BCUT2D eigenvalue weighted by atomic mass is 9.84. The van der Waals surface area contributed by atoms with E-state index in [0.717, 1.165) is 12.0 Å². The summed E-state index contributed by atoms with van der Waals surface area (Å²) in [4.78, 5) is 23.0. The van der Waals surface area contributed by atoms with E-state index >= 15 is 0 Å². The monoisotopic (exact) mass is 315 g/mol. The Balaban J connectivity index is 1.53. The number of alkyl carbamates (subject to hydrolysis) is 1. The van der Waals surface area contributed by atoms with Crippen LogP contribution < -0.4 is 5.32 Å². The first-order valence-corrected chi connectivity index (χ1v) is 8.73. The maximum atomic E-state index is 11.8. The molecule has 0 heterocycles. The molecule has 2 fully saturated rings. The van der Waals surface area contributed by atoms with E-state index in [2.05, 4.69) is 29.6 Å². The van der Waals surface area contributed by atoms with Crippen molar-refractivity contribution in [3.63, 3.8) is 0 Å². The van der Waals surface area contributed by atoms with Crippen molar-refractivity contribution in [1.82, 2.24) is 5.32 Å². The van der Waals surface area contributed by atoms with Gasteiger partial charge in [0, 0.05) is 6.42 Å². The van der Waals surface area contributed by atoms with Gasteiger partial charge >= 0.3 is 6.09 Å². The van der Waals surface area contributed by atoms with Gasteiger partial charge in [0.05, 0.1) is 6.04 Å². The third kappa shape index (κ3) is 3.92. The molecule has 1 N–H and O–H groups in total. The first-order valence-electron chi connectivity index (χ1n) is 8.73. The van der Waals surface area contributed by atoms with E-state index in [-0.39, 0.29) is 17.9 Å². The molecule has 2 atom stereocenters. The predicted molar refractivity (Wildman–Crippen MR) is 88.3 cm³/mol. The Bertz CT molecular complexity index is 560. The molecule has 1 aromatic rings. The van der Waals surface area contributed by atoms with Gasteiger partial charge in [0.15, 0.2) is 5.78 Å². The molecule has 0 bridgehead atoms. The van der Waals surface area contributed by atoms with Crippen LogP contribution in [0.5, 0.6) is 0 Å².